The summed E-state index contributed by atoms with van der Waals surface area (Å²) in [6, 6.07) is 5.52. The summed E-state index contributed by atoms with van der Waals surface area (Å²) in [6.07, 6.45) is 2.15. The Labute approximate surface area is 149 Å². The Morgan fingerprint density at radius 3 is 2.00 bits per heavy atom. The summed E-state index contributed by atoms with van der Waals surface area (Å²) in [5.74, 6) is -2.28. The summed E-state index contributed by atoms with van der Waals surface area (Å²) in [4.78, 5) is 11.3. The SMILES string of the molecule is CCCC(CCC)S(=O)(=O)C[C@H](NS(=O)(=O)c1ccccc1)C(=O)O. The highest BCUT2D eigenvalue weighted by molar-refractivity contribution is 7.92. The van der Waals surface area contributed by atoms with E-state index in [1.54, 1.807) is 6.07 Å². The quantitative estimate of drug-likeness (QED) is 0.594. The minimum absolute atomic E-state index is 0.114. The van der Waals surface area contributed by atoms with Gasteiger partial charge in [-0.25, -0.2) is 16.8 Å². The van der Waals surface area contributed by atoms with E-state index in [0.29, 0.717) is 25.7 Å². The van der Waals surface area contributed by atoms with Crippen LogP contribution in [0.3, 0.4) is 0 Å². The molecule has 0 spiro atoms. The second-order valence-electron chi connectivity index (χ2n) is 5.85. The smallest absolute Gasteiger partial charge is 0.322 e. The van der Waals surface area contributed by atoms with Crippen LogP contribution in [-0.4, -0.2) is 45.0 Å². The van der Waals surface area contributed by atoms with Gasteiger partial charge in [0.05, 0.1) is 15.9 Å². The van der Waals surface area contributed by atoms with Crippen molar-refractivity contribution in [1.29, 1.82) is 0 Å². The molecule has 0 saturated carbocycles. The van der Waals surface area contributed by atoms with E-state index in [1.807, 2.05) is 18.6 Å². The van der Waals surface area contributed by atoms with Crippen molar-refractivity contribution in [2.45, 2.75) is 55.7 Å². The van der Waals surface area contributed by atoms with Crippen LogP contribution in [0.4, 0.5) is 0 Å². The van der Waals surface area contributed by atoms with Gasteiger partial charge in [0.15, 0.2) is 9.84 Å². The van der Waals surface area contributed by atoms with Crippen molar-refractivity contribution in [3.8, 4) is 0 Å². The molecule has 1 atom stereocenters. The first kappa shape index (κ1) is 21.6. The number of benzene rings is 1. The van der Waals surface area contributed by atoms with E-state index < -0.39 is 42.9 Å². The average molecular weight is 392 g/mol. The molecular formula is C16H25NO6S2. The maximum atomic E-state index is 12.5. The predicted molar refractivity (Wildman–Crippen MR) is 95.6 cm³/mol. The van der Waals surface area contributed by atoms with Gasteiger partial charge in [0.1, 0.15) is 6.04 Å². The van der Waals surface area contributed by atoms with Crippen molar-refractivity contribution in [1.82, 2.24) is 4.72 Å². The Kier molecular flexibility index (Phi) is 8.04. The first-order chi connectivity index (χ1) is 11.6. The molecule has 0 amide bonds. The zero-order chi connectivity index (χ0) is 19.1. The zero-order valence-electron chi connectivity index (χ0n) is 14.4. The third kappa shape index (κ3) is 6.41. The molecule has 142 valence electrons. The Morgan fingerprint density at radius 1 is 1.04 bits per heavy atom. The van der Waals surface area contributed by atoms with Gasteiger partial charge in [-0.15, -0.1) is 0 Å². The van der Waals surface area contributed by atoms with E-state index in [2.05, 4.69) is 0 Å². The van der Waals surface area contributed by atoms with Gasteiger partial charge in [0, 0.05) is 0 Å². The molecule has 1 rings (SSSR count). The van der Waals surface area contributed by atoms with Crippen LogP contribution >= 0.6 is 0 Å². The minimum atomic E-state index is -4.12. The fraction of sp³-hybridized carbons (Fsp3) is 0.562. The van der Waals surface area contributed by atoms with Crippen LogP contribution < -0.4 is 4.72 Å². The first-order valence-corrected chi connectivity index (χ1v) is 11.4. The molecule has 2 N–H and O–H groups in total. The van der Waals surface area contributed by atoms with Gasteiger partial charge in [-0.2, -0.15) is 4.72 Å². The number of rotatable bonds is 11. The third-order valence-corrected chi connectivity index (χ3v) is 7.55. The Morgan fingerprint density at radius 2 is 1.56 bits per heavy atom. The summed E-state index contributed by atoms with van der Waals surface area (Å²) >= 11 is 0. The summed E-state index contributed by atoms with van der Waals surface area (Å²) in [5.41, 5.74) is 0. The normalized spacial score (nSPS) is 13.7. The van der Waals surface area contributed by atoms with Crippen molar-refractivity contribution < 1.29 is 26.7 Å². The van der Waals surface area contributed by atoms with E-state index >= 15 is 0 Å². The van der Waals surface area contributed by atoms with Crippen LogP contribution in [0, 0.1) is 0 Å². The Bertz CT molecular complexity index is 753. The molecule has 0 saturated heterocycles. The monoisotopic (exact) mass is 391 g/mol. The number of nitrogens with one attached hydrogen (secondary N) is 1. The summed E-state index contributed by atoms with van der Waals surface area (Å²) in [5, 5.41) is 8.64. The van der Waals surface area contributed by atoms with Crippen LogP contribution in [0.5, 0.6) is 0 Å². The fourth-order valence-electron chi connectivity index (χ4n) is 2.53. The molecule has 0 aliphatic carbocycles. The van der Waals surface area contributed by atoms with Crippen LogP contribution in [-0.2, 0) is 24.7 Å². The summed E-state index contributed by atoms with van der Waals surface area (Å²) < 4.78 is 51.7. The molecule has 25 heavy (non-hydrogen) atoms. The maximum Gasteiger partial charge on any atom is 0.322 e. The molecule has 0 aliphatic heterocycles. The standard InChI is InChI=1S/C16H25NO6S2/c1-3-8-13(9-4-2)24(20,21)12-15(16(18)19)17-25(22,23)14-10-6-5-7-11-14/h5-7,10-11,13,15,17H,3-4,8-9,12H2,1-2H3,(H,18,19)/t15-/m0/s1. The van der Waals surface area contributed by atoms with Crippen LogP contribution in [0.15, 0.2) is 35.2 Å². The maximum absolute atomic E-state index is 12.5. The lowest BCUT2D eigenvalue weighted by Crippen LogP contribution is -2.46. The number of hydrogen-bond acceptors (Lipinski definition) is 5. The van der Waals surface area contributed by atoms with E-state index in [1.165, 1.54) is 24.3 Å². The average Bonchev–Trinajstić information content (AvgIpc) is 2.54. The molecule has 0 aromatic heterocycles. The minimum Gasteiger partial charge on any atom is -0.480 e. The van der Waals surface area contributed by atoms with Gasteiger partial charge in [-0.3, -0.25) is 4.79 Å². The Balaban J connectivity index is 3.03. The molecule has 0 radical (unpaired) electrons. The van der Waals surface area contributed by atoms with E-state index in [-0.39, 0.29) is 4.90 Å². The number of aliphatic carboxylic acids is 1. The van der Waals surface area contributed by atoms with Gasteiger partial charge in [0.2, 0.25) is 10.0 Å². The number of carboxylic acids is 1. The van der Waals surface area contributed by atoms with E-state index in [4.69, 9.17) is 0 Å². The molecule has 9 heteroatoms. The second kappa shape index (κ2) is 9.30. The van der Waals surface area contributed by atoms with E-state index in [9.17, 15) is 26.7 Å². The van der Waals surface area contributed by atoms with Crippen molar-refractivity contribution in [3.05, 3.63) is 30.3 Å². The summed E-state index contributed by atoms with van der Waals surface area (Å²) in [6.45, 7) is 3.70. The van der Waals surface area contributed by atoms with Gasteiger partial charge in [-0.05, 0) is 25.0 Å². The molecular weight excluding hydrogens is 366 g/mol. The molecule has 0 fully saturated rings. The van der Waals surface area contributed by atoms with Crippen LogP contribution in [0.2, 0.25) is 0 Å². The molecule has 1 aromatic rings. The third-order valence-electron chi connectivity index (χ3n) is 3.78. The molecule has 0 aliphatic rings. The zero-order valence-corrected chi connectivity index (χ0v) is 16.0. The van der Waals surface area contributed by atoms with Crippen molar-refractivity contribution in [2.24, 2.45) is 0 Å². The predicted octanol–water partition coefficient (Wildman–Crippen LogP) is 1.80. The number of sulfone groups is 1. The summed E-state index contributed by atoms with van der Waals surface area (Å²) in [7, 11) is -7.88. The van der Waals surface area contributed by atoms with Gasteiger partial charge < -0.3 is 5.11 Å². The molecule has 0 heterocycles. The lowest BCUT2D eigenvalue weighted by atomic mass is 10.2. The highest BCUT2D eigenvalue weighted by Crippen LogP contribution is 2.17. The fourth-order valence-corrected chi connectivity index (χ4v) is 5.99. The molecule has 7 nitrogen and oxygen atoms in total. The first-order valence-electron chi connectivity index (χ1n) is 8.15. The molecule has 1 aromatic carbocycles. The van der Waals surface area contributed by atoms with Crippen molar-refractivity contribution in [2.75, 3.05) is 5.75 Å². The van der Waals surface area contributed by atoms with Crippen LogP contribution in [0.1, 0.15) is 39.5 Å². The van der Waals surface area contributed by atoms with Gasteiger partial charge >= 0.3 is 5.97 Å². The Hall–Kier alpha value is -1.45. The number of sulfonamides is 1. The van der Waals surface area contributed by atoms with Crippen molar-refractivity contribution in [3.63, 3.8) is 0 Å². The number of carbonyl (C=O) groups is 1. The van der Waals surface area contributed by atoms with Crippen LogP contribution in [0.25, 0.3) is 0 Å². The second-order valence-corrected chi connectivity index (χ2v) is 9.89. The van der Waals surface area contributed by atoms with E-state index in [0.717, 1.165) is 0 Å². The lowest BCUT2D eigenvalue weighted by molar-refractivity contribution is -0.138. The molecule has 0 unspecified atom stereocenters. The lowest BCUT2D eigenvalue weighted by Gasteiger charge is -2.20. The largest absolute Gasteiger partial charge is 0.480 e. The number of carboxylic acid groups (broad SMARTS) is 1. The topological polar surface area (TPSA) is 118 Å². The van der Waals surface area contributed by atoms with Gasteiger partial charge in [0.25, 0.3) is 0 Å². The molecule has 0 bridgehead atoms. The van der Waals surface area contributed by atoms with Crippen molar-refractivity contribution >= 4 is 25.8 Å². The number of hydrogen-bond donors (Lipinski definition) is 2. The highest BCUT2D eigenvalue weighted by atomic mass is 32.2. The van der Waals surface area contributed by atoms with Gasteiger partial charge in [-0.1, -0.05) is 44.9 Å². The highest BCUT2D eigenvalue weighted by Gasteiger charge is 2.33.